The van der Waals surface area contributed by atoms with Gasteiger partial charge in [-0.2, -0.15) is 0 Å². The fourth-order valence-corrected chi connectivity index (χ4v) is 7.23. The van der Waals surface area contributed by atoms with Crippen LogP contribution in [0.4, 0.5) is 4.39 Å². The number of fused-ring (bicyclic) bond motifs is 2. The monoisotopic (exact) mass is 442 g/mol. The van der Waals surface area contributed by atoms with Crippen LogP contribution < -0.4 is 0 Å². The fourth-order valence-electron chi connectivity index (χ4n) is 7.23. The summed E-state index contributed by atoms with van der Waals surface area (Å²) in [5.74, 6) is 3.39. The van der Waals surface area contributed by atoms with Crippen molar-refractivity contribution < 1.29 is 13.9 Å². The molecule has 4 rings (SSSR count). The van der Waals surface area contributed by atoms with Gasteiger partial charge in [0, 0.05) is 0 Å². The van der Waals surface area contributed by atoms with Crippen molar-refractivity contribution in [3.05, 3.63) is 34.6 Å². The molecule has 0 spiro atoms. The van der Waals surface area contributed by atoms with Crippen LogP contribution in [-0.4, -0.2) is 13.1 Å². The smallest absolute Gasteiger partial charge is 0.340 e. The summed E-state index contributed by atoms with van der Waals surface area (Å²) < 4.78 is 19.2. The standard InChI is InChI=1S/C29H43FO2/c1-3-4-5-6-7-8-20-9-10-22-16-23(12-11-21(22)15-20)24-13-14-25-18-27(29(31)32-2)28(30)19-26(25)17-24/h18-24H,3-17H2,1-2H3. The van der Waals surface area contributed by atoms with E-state index < -0.39 is 11.8 Å². The summed E-state index contributed by atoms with van der Waals surface area (Å²) in [5, 5.41) is 0. The van der Waals surface area contributed by atoms with Gasteiger partial charge in [-0.05, 0) is 104 Å². The topological polar surface area (TPSA) is 26.3 Å². The zero-order chi connectivity index (χ0) is 22.5. The normalized spacial score (nSPS) is 29.8. The molecule has 32 heavy (non-hydrogen) atoms. The molecule has 2 nitrogen and oxygen atoms in total. The molecule has 0 amide bonds. The van der Waals surface area contributed by atoms with Crippen molar-refractivity contribution in [2.24, 2.45) is 29.6 Å². The lowest BCUT2D eigenvalue weighted by Crippen LogP contribution is -2.35. The Morgan fingerprint density at radius 2 is 1.62 bits per heavy atom. The summed E-state index contributed by atoms with van der Waals surface area (Å²) in [4.78, 5) is 11.8. The van der Waals surface area contributed by atoms with Crippen LogP contribution >= 0.6 is 0 Å². The van der Waals surface area contributed by atoms with Gasteiger partial charge in [0.15, 0.2) is 0 Å². The molecule has 2 fully saturated rings. The summed E-state index contributed by atoms with van der Waals surface area (Å²) in [6.45, 7) is 2.29. The van der Waals surface area contributed by atoms with E-state index in [1.54, 1.807) is 12.1 Å². The van der Waals surface area contributed by atoms with E-state index in [2.05, 4.69) is 6.92 Å². The lowest BCUT2D eigenvalue weighted by Gasteiger charge is -2.45. The Morgan fingerprint density at radius 3 is 2.41 bits per heavy atom. The molecule has 3 heteroatoms. The van der Waals surface area contributed by atoms with Gasteiger partial charge in [0.05, 0.1) is 12.7 Å². The van der Waals surface area contributed by atoms with Crippen molar-refractivity contribution in [2.45, 2.75) is 103 Å². The van der Waals surface area contributed by atoms with Crippen LogP contribution in [0, 0.1) is 35.4 Å². The third kappa shape index (κ3) is 5.57. The Bertz CT molecular complexity index is 773. The van der Waals surface area contributed by atoms with Crippen LogP contribution in [0.2, 0.25) is 0 Å². The van der Waals surface area contributed by atoms with Crippen molar-refractivity contribution in [2.75, 3.05) is 7.11 Å². The minimum Gasteiger partial charge on any atom is -0.465 e. The number of hydrogen-bond acceptors (Lipinski definition) is 2. The number of carbonyl (C=O) groups excluding carboxylic acids is 1. The molecule has 0 bridgehead atoms. The maximum Gasteiger partial charge on any atom is 0.340 e. The van der Waals surface area contributed by atoms with Crippen molar-refractivity contribution in [1.82, 2.24) is 0 Å². The van der Waals surface area contributed by atoms with E-state index in [0.717, 1.165) is 47.6 Å². The van der Waals surface area contributed by atoms with Gasteiger partial charge in [0.25, 0.3) is 0 Å². The van der Waals surface area contributed by atoms with Gasteiger partial charge in [-0.3, -0.25) is 0 Å². The summed E-state index contributed by atoms with van der Waals surface area (Å²) in [7, 11) is 1.31. The van der Waals surface area contributed by atoms with Gasteiger partial charge in [0.2, 0.25) is 0 Å². The van der Waals surface area contributed by atoms with Gasteiger partial charge in [-0.1, -0.05) is 51.9 Å². The van der Waals surface area contributed by atoms with Gasteiger partial charge in [-0.25, -0.2) is 9.18 Å². The molecule has 5 atom stereocenters. The number of unbranched alkanes of at least 4 members (excludes halogenated alkanes) is 4. The number of hydrogen-bond donors (Lipinski definition) is 0. The van der Waals surface area contributed by atoms with Crippen LogP contribution in [0.3, 0.4) is 0 Å². The maximum absolute atomic E-state index is 14.5. The highest BCUT2D eigenvalue weighted by atomic mass is 19.1. The predicted octanol–water partition coefficient (Wildman–Crippen LogP) is 7.91. The number of benzene rings is 1. The van der Waals surface area contributed by atoms with Crippen LogP contribution in [0.1, 0.15) is 112 Å². The minimum absolute atomic E-state index is 0.0901. The summed E-state index contributed by atoms with van der Waals surface area (Å²) in [6.07, 6.45) is 20.2. The molecule has 0 saturated heterocycles. The zero-order valence-electron chi connectivity index (χ0n) is 20.3. The number of methoxy groups -OCH3 is 1. The molecule has 0 N–H and O–H groups in total. The second-order valence-electron chi connectivity index (χ2n) is 11.1. The second-order valence-corrected chi connectivity index (χ2v) is 11.1. The Morgan fingerprint density at radius 1 is 0.906 bits per heavy atom. The first kappa shape index (κ1) is 23.8. The van der Waals surface area contributed by atoms with Crippen molar-refractivity contribution >= 4 is 5.97 Å². The number of aryl methyl sites for hydroxylation is 1. The Hall–Kier alpha value is -1.38. The zero-order valence-corrected chi connectivity index (χ0v) is 20.3. The highest BCUT2D eigenvalue weighted by Gasteiger charge is 2.38. The molecule has 5 unspecified atom stereocenters. The second kappa shape index (κ2) is 11.2. The molecule has 0 aromatic heterocycles. The molecule has 178 valence electrons. The minimum atomic E-state index is -0.567. The molecule has 1 aromatic rings. The predicted molar refractivity (Wildman–Crippen MR) is 128 cm³/mol. The van der Waals surface area contributed by atoms with Crippen LogP contribution in [0.25, 0.3) is 0 Å². The van der Waals surface area contributed by atoms with E-state index in [-0.39, 0.29) is 5.56 Å². The summed E-state index contributed by atoms with van der Waals surface area (Å²) in [6, 6.07) is 3.36. The van der Waals surface area contributed by atoms with Crippen LogP contribution in [0.5, 0.6) is 0 Å². The van der Waals surface area contributed by atoms with Gasteiger partial charge in [-0.15, -0.1) is 0 Å². The molecular weight excluding hydrogens is 399 g/mol. The first-order chi connectivity index (χ1) is 15.6. The number of esters is 1. The summed E-state index contributed by atoms with van der Waals surface area (Å²) >= 11 is 0. The van der Waals surface area contributed by atoms with Crippen LogP contribution in [-0.2, 0) is 17.6 Å². The molecule has 3 aliphatic rings. The fraction of sp³-hybridized carbons (Fsp3) is 0.759. The number of rotatable bonds is 8. The largest absolute Gasteiger partial charge is 0.465 e. The molecule has 2 saturated carbocycles. The third-order valence-electron chi connectivity index (χ3n) is 9.11. The number of halogens is 1. The quantitative estimate of drug-likeness (QED) is 0.302. The molecular formula is C29H43FO2. The average molecular weight is 443 g/mol. The average Bonchev–Trinajstić information content (AvgIpc) is 2.82. The maximum atomic E-state index is 14.5. The van der Waals surface area contributed by atoms with Gasteiger partial charge >= 0.3 is 5.97 Å². The van der Waals surface area contributed by atoms with E-state index in [1.165, 1.54) is 90.6 Å². The lowest BCUT2D eigenvalue weighted by molar-refractivity contribution is 0.0595. The highest BCUT2D eigenvalue weighted by molar-refractivity contribution is 5.90. The molecule has 3 aliphatic carbocycles. The van der Waals surface area contributed by atoms with Crippen molar-refractivity contribution in [3.63, 3.8) is 0 Å². The molecule has 0 aliphatic heterocycles. The molecule has 1 aromatic carbocycles. The summed E-state index contributed by atoms with van der Waals surface area (Å²) in [5.41, 5.74) is 2.36. The third-order valence-corrected chi connectivity index (χ3v) is 9.11. The Labute approximate surface area is 194 Å². The van der Waals surface area contributed by atoms with E-state index in [4.69, 9.17) is 4.74 Å². The lowest BCUT2D eigenvalue weighted by atomic mass is 9.61. The van der Waals surface area contributed by atoms with E-state index >= 15 is 0 Å². The van der Waals surface area contributed by atoms with E-state index in [9.17, 15) is 9.18 Å². The Balaban J connectivity index is 1.28. The van der Waals surface area contributed by atoms with Crippen LogP contribution in [0.15, 0.2) is 12.1 Å². The number of carbonyl (C=O) groups is 1. The molecule has 0 heterocycles. The van der Waals surface area contributed by atoms with E-state index in [0.29, 0.717) is 5.92 Å². The van der Waals surface area contributed by atoms with Gasteiger partial charge in [0.1, 0.15) is 5.82 Å². The van der Waals surface area contributed by atoms with Crippen molar-refractivity contribution in [3.8, 4) is 0 Å². The highest BCUT2D eigenvalue weighted by Crippen LogP contribution is 2.49. The van der Waals surface area contributed by atoms with E-state index in [1.807, 2.05) is 0 Å². The SMILES string of the molecule is CCCCCCCC1CCC2CC(C3CCc4cc(C(=O)OC)c(F)cc4C3)CCC2C1. The first-order valence-electron chi connectivity index (χ1n) is 13.5. The molecule has 0 radical (unpaired) electrons. The Kier molecular flexibility index (Phi) is 8.29. The first-order valence-corrected chi connectivity index (χ1v) is 13.5. The van der Waals surface area contributed by atoms with Crippen molar-refractivity contribution in [1.29, 1.82) is 0 Å². The number of ether oxygens (including phenoxy) is 1. The van der Waals surface area contributed by atoms with Gasteiger partial charge < -0.3 is 4.74 Å².